The van der Waals surface area contributed by atoms with Gasteiger partial charge in [0, 0.05) is 6.54 Å². The first-order valence-corrected chi connectivity index (χ1v) is 8.20. The lowest BCUT2D eigenvalue weighted by Crippen LogP contribution is -2.37. The highest BCUT2D eigenvalue weighted by Gasteiger charge is 2.36. The minimum Gasteiger partial charge on any atom is -0.497 e. The van der Waals surface area contributed by atoms with Crippen LogP contribution in [0.5, 0.6) is 5.75 Å². The number of benzene rings is 2. The molecule has 2 amide bonds. The maximum Gasteiger partial charge on any atom is 0.334 e. The molecule has 0 aliphatic carbocycles. The van der Waals surface area contributed by atoms with Crippen LogP contribution < -0.4 is 10.6 Å². The third kappa shape index (κ3) is 3.51. The van der Waals surface area contributed by atoms with Gasteiger partial charge in [0.15, 0.2) is 0 Å². The zero-order valence-electron chi connectivity index (χ0n) is 13.9. The maximum absolute atomic E-state index is 12.4. The molecule has 0 spiro atoms. The van der Waals surface area contributed by atoms with Crippen molar-refractivity contribution in [2.75, 3.05) is 20.2 Å². The summed E-state index contributed by atoms with van der Waals surface area (Å²) in [6.07, 6.45) is 1.86. The average Bonchev–Trinajstić information content (AvgIpc) is 2.91. The molecular weight excluding hydrogens is 302 g/mol. The van der Waals surface area contributed by atoms with Crippen molar-refractivity contribution in [3.05, 3.63) is 65.7 Å². The molecule has 0 aromatic heterocycles. The molecule has 24 heavy (non-hydrogen) atoms. The Labute approximate surface area is 142 Å². The second-order valence-corrected chi connectivity index (χ2v) is 6.01. The van der Waals surface area contributed by atoms with Crippen molar-refractivity contribution in [2.24, 2.45) is 5.84 Å². The molecule has 2 aromatic rings. The van der Waals surface area contributed by atoms with Gasteiger partial charge in [-0.2, -0.15) is 0 Å². The Balaban J connectivity index is 1.67. The lowest BCUT2D eigenvalue weighted by atomic mass is 10.1. The van der Waals surface area contributed by atoms with Gasteiger partial charge in [0.1, 0.15) is 5.75 Å². The van der Waals surface area contributed by atoms with Crippen molar-refractivity contribution in [1.82, 2.24) is 9.91 Å². The Hall–Kier alpha value is -2.53. The van der Waals surface area contributed by atoms with Gasteiger partial charge in [0.2, 0.25) is 0 Å². The average molecular weight is 325 g/mol. The van der Waals surface area contributed by atoms with Crippen molar-refractivity contribution < 1.29 is 9.53 Å². The summed E-state index contributed by atoms with van der Waals surface area (Å²) in [5, 5.41) is 1.30. The van der Waals surface area contributed by atoms with E-state index in [9.17, 15) is 4.79 Å². The molecule has 0 saturated carbocycles. The summed E-state index contributed by atoms with van der Waals surface area (Å²) >= 11 is 0. The van der Waals surface area contributed by atoms with Crippen LogP contribution in [0, 0.1) is 0 Å². The summed E-state index contributed by atoms with van der Waals surface area (Å²) in [7, 11) is 1.64. The number of carbonyl (C=O) groups is 1. The predicted molar refractivity (Wildman–Crippen MR) is 93.5 cm³/mol. The van der Waals surface area contributed by atoms with Gasteiger partial charge in [-0.25, -0.2) is 10.6 Å². The fraction of sp³-hybridized carbons (Fsp3) is 0.316. The van der Waals surface area contributed by atoms with Crippen LogP contribution in [0.2, 0.25) is 0 Å². The van der Waals surface area contributed by atoms with Crippen LogP contribution in [0.3, 0.4) is 0 Å². The van der Waals surface area contributed by atoms with Gasteiger partial charge in [-0.05, 0) is 36.1 Å². The first-order chi connectivity index (χ1) is 11.7. The minimum atomic E-state index is -0.108. The van der Waals surface area contributed by atoms with Crippen LogP contribution in [-0.4, -0.2) is 36.1 Å². The number of methoxy groups -OCH3 is 1. The van der Waals surface area contributed by atoms with Gasteiger partial charge >= 0.3 is 6.03 Å². The molecule has 2 N–H and O–H groups in total. The molecule has 5 nitrogen and oxygen atoms in total. The van der Waals surface area contributed by atoms with Crippen LogP contribution in [0.15, 0.2) is 54.6 Å². The summed E-state index contributed by atoms with van der Waals surface area (Å²) in [6.45, 7) is 1.20. The number of ether oxygens (including phenoxy) is 1. The number of hydrazine groups is 1. The largest absolute Gasteiger partial charge is 0.497 e. The van der Waals surface area contributed by atoms with E-state index >= 15 is 0 Å². The molecule has 1 aliphatic rings. The van der Waals surface area contributed by atoms with Crippen LogP contribution in [0.4, 0.5) is 4.79 Å². The van der Waals surface area contributed by atoms with E-state index in [1.165, 1.54) is 10.6 Å². The molecule has 0 radical (unpaired) electrons. The van der Waals surface area contributed by atoms with Crippen molar-refractivity contribution in [1.29, 1.82) is 0 Å². The van der Waals surface area contributed by atoms with Gasteiger partial charge in [0.05, 0.1) is 19.7 Å². The number of aryl methyl sites for hydroxylation is 1. The van der Waals surface area contributed by atoms with Gasteiger partial charge in [-0.3, -0.25) is 5.01 Å². The van der Waals surface area contributed by atoms with Crippen LogP contribution in [0.25, 0.3) is 0 Å². The Morgan fingerprint density at radius 2 is 1.83 bits per heavy atom. The summed E-state index contributed by atoms with van der Waals surface area (Å²) in [5.41, 5.74) is 2.37. The van der Waals surface area contributed by atoms with E-state index in [2.05, 4.69) is 12.1 Å². The highest BCUT2D eigenvalue weighted by molar-refractivity contribution is 5.76. The van der Waals surface area contributed by atoms with E-state index in [0.29, 0.717) is 13.1 Å². The maximum atomic E-state index is 12.4. The van der Waals surface area contributed by atoms with E-state index in [-0.39, 0.29) is 12.1 Å². The first kappa shape index (κ1) is 16.3. The summed E-state index contributed by atoms with van der Waals surface area (Å²) in [5.74, 6) is 6.66. The van der Waals surface area contributed by atoms with Crippen LogP contribution in [0.1, 0.15) is 23.6 Å². The summed E-state index contributed by atoms with van der Waals surface area (Å²) < 4.78 is 5.20. The second-order valence-electron chi connectivity index (χ2n) is 6.01. The minimum absolute atomic E-state index is 0.0100. The number of nitrogens with two attached hydrogens (primary N) is 1. The lowest BCUT2D eigenvalue weighted by molar-refractivity contribution is 0.186. The third-order valence-corrected chi connectivity index (χ3v) is 4.45. The molecule has 1 heterocycles. The van der Waals surface area contributed by atoms with E-state index in [1.807, 2.05) is 47.4 Å². The molecule has 126 valence electrons. The molecule has 1 fully saturated rings. The monoisotopic (exact) mass is 325 g/mol. The number of rotatable bonds is 6. The van der Waals surface area contributed by atoms with Crippen molar-refractivity contribution >= 4 is 6.03 Å². The normalized spacial score (nSPS) is 17.4. The van der Waals surface area contributed by atoms with E-state index < -0.39 is 0 Å². The lowest BCUT2D eigenvalue weighted by Gasteiger charge is -2.23. The van der Waals surface area contributed by atoms with Crippen molar-refractivity contribution in [3.8, 4) is 5.75 Å². The van der Waals surface area contributed by atoms with Gasteiger partial charge in [-0.1, -0.05) is 42.5 Å². The van der Waals surface area contributed by atoms with Crippen LogP contribution >= 0.6 is 0 Å². The SMILES string of the molecule is COc1ccc(C2CN(N)C(=O)N2CCCc2ccccc2)cc1. The number of carbonyl (C=O) groups excluding carboxylic acids is 1. The standard InChI is InChI=1S/C19H23N3O2/c1-24-17-11-9-16(10-12-17)18-14-22(20)19(23)21(18)13-5-8-15-6-3-2-4-7-15/h2-4,6-7,9-12,18H,5,8,13-14,20H2,1H3. The van der Waals surface area contributed by atoms with Crippen LogP contribution in [-0.2, 0) is 6.42 Å². The van der Waals surface area contributed by atoms with Crippen molar-refractivity contribution in [2.45, 2.75) is 18.9 Å². The molecule has 1 aliphatic heterocycles. The Morgan fingerprint density at radius 3 is 2.50 bits per heavy atom. The Morgan fingerprint density at radius 1 is 1.12 bits per heavy atom. The molecule has 1 unspecified atom stereocenters. The van der Waals surface area contributed by atoms with Gasteiger partial charge < -0.3 is 9.64 Å². The smallest absolute Gasteiger partial charge is 0.334 e. The molecule has 2 aromatic carbocycles. The molecule has 5 heteroatoms. The van der Waals surface area contributed by atoms with Gasteiger partial charge in [-0.15, -0.1) is 0 Å². The van der Waals surface area contributed by atoms with E-state index in [1.54, 1.807) is 7.11 Å². The molecule has 3 rings (SSSR count). The number of nitrogens with zero attached hydrogens (tertiary/aromatic N) is 2. The quantitative estimate of drug-likeness (QED) is 0.656. The topological polar surface area (TPSA) is 58.8 Å². The molecule has 1 atom stereocenters. The zero-order valence-corrected chi connectivity index (χ0v) is 13.9. The molecule has 0 bridgehead atoms. The number of urea groups is 1. The number of hydrogen-bond donors (Lipinski definition) is 1. The molecular formula is C19H23N3O2. The number of amides is 2. The highest BCUT2D eigenvalue weighted by atomic mass is 16.5. The van der Waals surface area contributed by atoms with Crippen molar-refractivity contribution in [3.63, 3.8) is 0 Å². The third-order valence-electron chi connectivity index (χ3n) is 4.45. The van der Waals surface area contributed by atoms with E-state index in [0.717, 1.165) is 24.2 Å². The Bertz CT molecular complexity index is 673. The fourth-order valence-corrected chi connectivity index (χ4v) is 3.12. The summed E-state index contributed by atoms with van der Waals surface area (Å²) in [4.78, 5) is 14.2. The molecule has 1 saturated heterocycles. The first-order valence-electron chi connectivity index (χ1n) is 8.20. The predicted octanol–water partition coefficient (Wildman–Crippen LogP) is 2.98. The highest BCUT2D eigenvalue weighted by Crippen LogP contribution is 2.29. The zero-order chi connectivity index (χ0) is 16.9. The summed E-state index contributed by atoms with van der Waals surface area (Å²) in [6, 6.07) is 18.0. The Kier molecular flexibility index (Phi) is 5.01. The fourth-order valence-electron chi connectivity index (χ4n) is 3.12. The number of hydrogen-bond acceptors (Lipinski definition) is 3. The van der Waals surface area contributed by atoms with Gasteiger partial charge in [0.25, 0.3) is 0 Å². The second kappa shape index (κ2) is 7.36. The van der Waals surface area contributed by atoms with E-state index in [4.69, 9.17) is 10.6 Å².